The van der Waals surface area contributed by atoms with Gasteiger partial charge < -0.3 is 14.6 Å². The van der Waals surface area contributed by atoms with Crippen LogP contribution < -0.4 is 14.4 Å². The Labute approximate surface area is 202 Å². The minimum atomic E-state index is -0.545. The fraction of sp³-hybridized carbons (Fsp3) is 0.179. The van der Waals surface area contributed by atoms with Crippen LogP contribution in [0.5, 0.6) is 17.2 Å². The Bertz CT molecular complexity index is 1210. The average Bonchev–Trinajstić information content (AvgIpc) is 3.40. The normalized spacial score (nSPS) is 17.3. The topological polar surface area (TPSA) is 59.0 Å². The van der Waals surface area contributed by atoms with Crippen LogP contribution in [-0.4, -0.2) is 23.7 Å². The first-order chi connectivity index (χ1) is 16.7. The monoisotopic (exact) mass is 471 g/mol. The number of phenols is 1. The number of carbonyl (C=O) groups is 1. The van der Waals surface area contributed by atoms with E-state index in [2.05, 4.69) is 0 Å². The van der Waals surface area contributed by atoms with E-state index in [4.69, 9.17) is 9.47 Å². The van der Waals surface area contributed by atoms with Crippen LogP contribution in [0.1, 0.15) is 22.9 Å². The number of thiophene rings is 1. The van der Waals surface area contributed by atoms with Crippen LogP contribution in [0.3, 0.4) is 0 Å². The molecule has 3 aromatic carbocycles. The van der Waals surface area contributed by atoms with Gasteiger partial charge in [-0.25, -0.2) is 0 Å². The summed E-state index contributed by atoms with van der Waals surface area (Å²) in [4.78, 5) is 16.0. The molecule has 2 atom stereocenters. The van der Waals surface area contributed by atoms with Gasteiger partial charge in [-0.2, -0.15) is 0 Å². The van der Waals surface area contributed by atoms with E-state index >= 15 is 0 Å². The number of ether oxygens (including phenoxy) is 2. The first-order valence-corrected chi connectivity index (χ1v) is 12.2. The van der Waals surface area contributed by atoms with Crippen LogP contribution in [0, 0.1) is 0 Å². The van der Waals surface area contributed by atoms with Gasteiger partial charge in [-0.1, -0.05) is 36.4 Å². The van der Waals surface area contributed by atoms with Crippen molar-refractivity contribution in [1.82, 2.24) is 0 Å². The van der Waals surface area contributed by atoms with E-state index in [0.717, 1.165) is 29.2 Å². The SMILES string of the molecule is O=C1[C@@H](Oc2ccccc2)[C@@H](c2cccs2)N1c1ccc(OCCCc2ccc(O)cc2)cc1. The van der Waals surface area contributed by atoms with Gasteiger partial charge in [-0.15, -0.1) is 11.3 Å². The summed E-state index contributed by atoms with van der Waals surface area (Å²) in [6.45, 7) is 0.591. The van der Waals surface area contributed by atoms with E-state index in [1.165, 1.54) is 5.56 Å². The molecule has 1 N–H and O–H groups in total. The van der Waals surface area contributed by atoms with Crippen molar-refractivity contribution in [2.24, 2.45) is 0 Å². The van der Waals surface area contributed by atoms with Gasteiger partial charge in [0.15, 0.2) is 0 Å². The molecule has 1 amide bonds. The maximum absolute atomic E-state index is 13.1. The number of amides is 1. The fourth-order valence-electron chi connectivity index (χ4n) is 4.08. The highest BCUT2D eigenvalue weighted by Crippen LogP contribution is 2.43. The second-order valence-corrected chi connectivity index (χ2v) is 9.11. The number of benzene rings is 3. The van der Waals surface area contributed by atoms with Crippen LogP contribution in [0.4, 0.5) is 5.69 Å². The van der Waals surface area contributed by atoms with Gasteiger partial charge in [0, 0.05) is 10.6 Å². The summed E-state index contributed by atoms with van der Waals surface area (Å²) in [5.74, 6) is 1.69. The van der Waals surface area contributed by atoms with Gasteiger partial charge in [0.05, 0.1) is 6.61 Å². The van der Waals surface area contributed by atoms with Gasteiger partial charge in [-0.05, 0) is 78.4 Å². The van der Waals surface area contributed by atoms with E-state index in [1.54, 1.807) is 28.4 Å². The number of hydrogen-bond donors (Lipinski definition) is 1. The molecule has 0 saturated carbocycles. The van der Waals surface area contributed by atoms with E-state index in [0.29, 0.717) is 12.4 Å². The van der Waals surface area contributed by atoms with E-state index in [9.17, 15) is 9.90 Å². The third-order valence-corrected chi connectivity index (χ3v) is 6.76. The quantitative estimate of drug-likeness (QED) is 0.240. The minimum absolute atomic E-state index is 0.0511. The first kappa shape index (κ1) is 22.0. The molecule has 0 radical (unpaired) electrons. The number of anilines is 1. The molecule has 6 heteroatoms. The fourth-order valence-corrected chi connectivity index (χ4v) is 4.92. The molecule has 0 spiro atoms. The molecule has 172 valence electrons. The molecule has 0 bridgehead atoms. The lowest BCUT2D eigenvalue weighted by Crippen LogP contribution is -2.61. The highest BCUT2D eigenvalue weighted by atomic mass is 32.1. The van der Waals surface area contributed by atoms with Gasteiger partial charge in [-0.3, -0.25) is 9.69 Å². The number of β-lactam (4-membered cyclic amide) rings is 1. The maximum atomic E-state index is 13.1. The molecule has 1 aromatic heterocycles. The Kier molecular flexibility index (Phi) is 6.49. The molecular weight excluding hydrogens is 446 g/mol. The zero-order chi connectivity index (χ0) is 23.3. The van der Waals surface area contributed by atoms with E-state index in [1.807, 2.05) is 84.2 Å². The van der Waals surface area contributed by atoms with Crippen LogP contribution in [-0.2, 0) is 11.2 Å². The zero-order valence-corrected chi connectivity index (χ0v) is 19.4. The summed E-state index contributed by atoms with van der Waals surface area (Å²) >= 11 is 1.62. The lowest BCUT2D eigenvalue weighted by Gasteiger charge is -2.46. The molecule has 4 aromatic rings. The van der Waals surface area contributed by atoms with Crippen LogP contribution in [0.15, 0.2) is 96.4 Å². The Morgan fingerprint density at radius 3 is 2.32 bits per heavy atom. The summed E-state index contributed by atoms with van der Waals surface area (Å²) in [7, 11) is 0. The van der Waals surface area contributed by atoms with Crippen LogP contribution in [0.2, 0.25) is 0 Å². The standard InChI is InChI=1S/C28H25NO4S/c30-22-14-10-20(11-15-22)6-4-18-32-23-16-12-21(13-17-23)29-26(25-9-5-19-34-25)27(28(29)31)33-24-7-2-1-3-8-24/h1-3,5,7-17,19,26-27,30H,4,6,18H2/t26-,27+/m1/s1. The Balaban J connectivity index is 1.22. The number of carbonyl (C=O) groups excluding carboxylic acids is 1. The lowest BCUT2D eigenvalue weighted by atomic mass is 9.95. The second-order valence-electron chi connectivity index (χ2n) is 8.13. The third kappa shape index (κ3) is 4.77. The molecule has 1 aliphatic heterocycles. The Hall–Kier alpha value is -3.77. The Morgan fingerprint density at radius 1 is 0.853 bits per heavy atom. The molecule has 5 rings (SSSR count). The summed E-state index contributed by atoms with van der Waals surface area (Å²) in [5, 5.41) is 11.4. The largest absolute Gasteiger partial charge is 0.508 e. The Morgan fingerprint density at radius 2 is 1.62 bits per heavy atom. The van der Waals surface area contributed by atoms with Crippen LogP contribution >= 0.6 is 11.3 Å². The van der Waals surface area contributed by atoms with Crippen molar-refractivity contribution in [2.75, 3.05) is 11.5 Å². The lowest BCUT2D eigenvalue weighted by molar-refractivity contribution is -0.134. The van der Waals surface area contributed by atoms with Crippen molar-refractivity contribution in [1.29, 1.82) is 0 Å². The number of hydrogen-bond acceptors (Lipinski definition) is 5. The molecule has 1 saturated heterocycles. The van der Waals surface area contributed by atoms with E-state index in [-0.39, 0.29) is 17.7 Å². The summed E-state index contributed by atoms with van der Waals surface area (Å²) < 4.78 is 11.9. The molecule has 1 aliphatic rings. The molecule has 34 heavy (non-hydrogen) atoms. The minimum Gasteiger partial charge on any atom is -0.508 e. The molecule has 5 nitrogen and oxygen atoms in total. The molecule has 0 aliphatic carbocycles. The van der Waals surface area contributed by atoms with Crippen molar-refractivity contribution >= 4 is 22.9 Å². The maximum Gasteiger partial charge on any atom is 0.271 e. The van der Waals surface area contributed by atoms with Gasteiger partial charge in [0.25, 0.3) is 5.91 Å². The number of aryl methyl sites for hydroxylation is 1. The predicted molar refractivity (Wildman–Crippen MR) is 134 cm³/mol. The smallest absolute Gasteiger partial charge is 0.271 e. The number of phenolic OH excluding ortho intramolecular Hbond substituents is 1. The summed E-state index contributed by atoms with van der Waals surface area (Å²) in [6.07, 6.45) is 1.21. The van der Waals surface area contributed by atoms with Crippen molar-refractivity contribution < 1.29 is 19.4 Å². The van der Waals surface area contributed by atoms with Crippen molar-refractivity contribution in [3.05, 3.63) is 107 Å². The molecule has 2 heterocycles. The number of aromatic hydroxyl groups is 1. The third-order valence-electron chi connectivity index (χ3n) is 5.82. The van der Waals surface area contributed by atoms with Gasteiger partial charge in [0.1, 0.15) is 23.3 Å². The van der Waals surface area contributed by atoms with Crippen molar-refractivity contribution in [3.63, 3.8) is 0 Å². The molecular formula is C28H25NO4S. The highest BCUT2D eigenvalue weighted by Gasteiger charge is 2.51. The number of para-hydroxylation sites is 1. The van der Waals surface area contributed by atoms with Gasteiger partial charge in [0.2, 0.25) is 6.10 Å². The number of nitrogens with zero attached hydrogens (tertiary/aromatic N) is 1. The van der Waals surface area contributed by atoms with E-state index < -0.39 is 6.10 Å². The summed E-state index contributed by atoms with van der Waals surface area (Å²) in [5.41, 5.74) is 1.99. The van der Waals surface area contributed by atoms with Crippen LogP contribution in [0.25, 0.3) is 0 Å². The highest BCUT2D eigenvalue weighted by molar-refractivity contribution is 7.10. The van der Waals surface area contributed by atoms with Crippen molar-refractivity contribution in [2.45, 2.75) is 25.0 Å². The second kappa shape index (κ2) is 10.0. The molecule has 0 unspecified atom stereocenters. The zero-order valence-electron chi connectivity index (χ0n) is 18.5. The predicted octanol–water partition coefficient (Wildman–Crippen LogP) is 6.00. The average molecular weight is 472 g/mol. The number of rotatable bonds is 9. The van der Waals surface area contributed by atoms with Crippen molar-refractivity contribution in [3.8, 4) is 17.2 Å². The van der Waals surface area contributed by atoms with Gasteiger partial charge >= 0.3 is 0 Å². The molecule has 1 fully saturated rings. The summed E-state index contributed by atoms with van der Waals surface area (Å²) in [6, 6.07) is 28.2. The first-order valence-electron chi connectivity index (χ1n) is 11.3.